The number of carboxylic acid groups (broad SMARTS) is 2. The van der Waals surface area contributed by atoms with Crippen LogP contribution in [0.2, 0.25) is 0 Å². The van der Waals surface area contributed by atoms with Crippen LogP contribution in [0.5, 0.6) is 0 Å². The predicted molar refractivity (Wildman–Crippen MR) is 65.0 cm³/mol. The second kappa shape index (κ2) is 8.06. The van der Waals surface area contributed by atoms with Crippen molar-refractivity contribution < 1.29 is 19.8 Å². The van der Waals surface area contributed by atoms with Crippen molar-refractivity contribution in [2.24, 2.45) is 0 Å². The van der Waals surface area contributed by atoms with Crippen LogP contribution in [0.15, 0.2) is 0 Å². The molecule has 0 aliphatic rings. The SMILES string of the molecule is CCCCC(C(=O)O)N(CCC(=O)O)C(C)C. The summed E-state index contributed by atoms with van der Waals surface area (Å²) >= 11 is 0. The molecule has 0 fully saturated rings. The van der Waals surface area contributed by atoms with Gasteiger partial charge in [0.15, 0.2) is 0 Å². The molecule has 0 aromatic carbocycles. The highest BCUT2D eigenvalue weighted by Crippen LogP contribution is 2.13. The van der Waals surface area contributed by atoms with Gasteiger partial charge in [0.1, 0.15) is 6.04 Å². The van der Waals surface area contributed by atoms with Gasteiger partial charge in [-0.05, 0) is 20.3 Å². The lowest BCUT2D eigenvalue weighted by molar-refractivity contribution is -0.146. The van der Waals surface area contributed by atoms with Gasteiger partial charge in [-0.15, -0.1) is 0 Å². The van der Waals surface area contributed by atoms with Crippen LogP contribution in [0.1, 0.15) is 46.5 Å². The van der Waals surface area contributed by atoms with Gasteiger partial charge in [0.2, 0.25) is 0 Å². The van der Waals surface area contributed by atoms with Crippen LogP contribution in [-0.4, -0.2) is 45.7 Å². The molecule has 0 aromatic heterocycles. The van der Waals surface area contributed by atoms with Crippen LogP contribution in [0.3, 0.4) is 0 Å². The van der Waals surface area contributed by atoms with Crippen molar-refractivity contribution in [3.05, 3.63) is 0 Å². The molecule has 0 bridgehead atoms. The van der Waals surface area contributed by atoms with Crippen LogP contribution >= 0.6 is 0 Å². The van der Waals surface area contributed by atoms with E-state index in [0.29, 0.717) is 6.42 Å². The maximum Gasteiger partial charge on any atom is 0.320 e. The highest BCUT2D eigenvalue weighted by molar-refractivity contribution is 5.73. The van der Waals surface area contributed by atoms with Crippen molar-refractivity contribution in [2.45, 2.75) is 58.5 Å². The number of hydrogen-bond donors (Lipinski definition) is 2. The summed E-state index contributed by atoms with van der Waals surface area (Å²) in [6.45, 7) is 6.08. The van der Waals surface area contributed by atoms with E-state index in [4.69, 9.17) is 5.11 Å². The maximum atomic E-state index is 11.2. The Morgan fingerprint density at radius 3 is 2.18 bits per heavy atom. The van der Waals surface area contributed by atoms with Gasteiger partial charge >= 0.3 is 11.9 Å². The highest BCUT2D eigenvalue weighted by atomic mass is 16.4. The third kappa shape index (κ3) is 6.26. The Morgan fingerprint density at radius 1 is 1.24 bits per heavy atom. The monoisotopic (exact) mass is 245 g/mol. The first-order valence-corrected chi connectivity index (χ1v) is 6.10. The van der Waals surface area contributed by atoms with Gasteiger partial charge in [0.05, 0.1) is 6.42 Å². The summed E-state index contributed by atoms with van der Waals surface area (Å²) < 4.78 is 0. The van der Waals surface area contributed by atoms with E-state index in [1.54, 1.807) is 4.90 Å². The molecule has 1 unspecified atom stereocenters. The van der Waals surface area contributed by atoms with E-state index in [0.717, 1.165) is 12.8 Å². The Labute approximate surface area is 102 Å². The van der Waals surface area contributed by atoms with E-state index in [1.165, 1.54) is 0 Å². The molecule has 0 radical (unpaired) electrons. The molecule has 0 rings (SSSR count). The van der Waals surface area contributed by atoms with Gasteiger partial charge in [-0.2, -0.15) is 0 Å². The molecular formula is C12H23NO4. The van der Waals surface area contributed by atoms with Crippen molar-refractivity contribution in [1.82, 2.24) is 4.90 Å². The number of aliphatic carboxylic acids is 2. The third-order valence-corrected chi connectivity index (χ3v) is 2.76. The average molecular weight is 245 g/mol. The normalized spacial score (nSPS) is 13.0. The third-order valence-electron chi connectivity index (χ3n) is 2.76. The van der Waals surface area contributed by atoms with Crippen LogP contribution in [0, 0.1) is 0 Å². The van der Waals surface area contributed by atoms with E-state index in [1.807, 2.05) is 20.8 Å². The summed E-state index contributed by atoms with van der Waals surface area (Å²) in [5.41, 5.74) is 0. The predicted octanol–water partition coefficient (Wildman–Crippen LogP) is 1.81. The van der Waals surface area contributed by atoms with Gasteiger partial charge in [0.25, 0.3) is 0 Å². The van der Waals surface area contributed by atoms with Crippen molar-refractivity contribution in [3.8, 4) is 0 Å². The van der Waals surface area contributed by atoms with Crippen LogP contribution in [0.4, 0.5) is 0 Å². The summed E-state index contributed by atoms with van der Waals surface area (Å²) in [4.78, 5) is 23.5. The smallest absolute Gasteiger partial charge is 0.320 e. The van der Waals surface area contributed by atoms with Crippen molar-refractivity contribution >= 4 is 11.9 Å². The molecule has 0 spiro atoms. The quantitative estimate of drug-likeness (QED) is 0.648. The van der Waals surface area contributed by atoms with E-state index in [2.05, 4.69) is 0 Å². The van der Waals surface area contributed by atoms with Gasteiger partial charge in [-0.1, -0.05) is 19.8 Å². The molecule has 17 heavy (non-hydrogen) atoms. The molecule has 1 atom stereocenters. The Morgan fingerprint density at radius 2 is 1.82 bits per heavy atom. The fourth-order valence-electron chi connectivity index (χ4n) is 1.83. The summed E-state index contributed by atoms with van der Waals surface area (Å²) in [5.74, 6) is -1.76. The fourth-order valence-corrected chi connectivity index (χ4v) is 1.83. The highest BCUT2D eigenvalue weighted by Gasteiger charge is 2.27. The van der Waals surface area contributed by atoms with Gasteiger partial charge < -0.3 is 10.2 Å². The fraction of sp³-hybridized carbons (Fsp3) is 0.833. The van der Waals surface area contributed by atoms with Crippen LogP contribution in [0.25, 0.3) is 0 Å². The van der Waals surface area contributed by atoms with E-state index < -0.39 is 18.0 Å². The van der Waals surface area contributed by atoms with Crippen molar-refractivity contribution in [2.75, 3.05) is 6.54 Å². The lowest BCUT2D eigenvalue weighted by atomic mass is 10.1. The molecule has 5 nitrogen and oxygen atoms in total. The molecule has 0 saturated heterocycles. The summed E-state index contributed by atoms with van der Waals surface area (Å²) in [7, 11) is 0. The topological polar surface area (TPSA) is 77.8 Å². The first kappa shape index (κ1) is 15.9. The van der Waals surface area contributed by atoms with E-state index in [9.17, 15) is 14.7 Å². The lowest BCUT2D eigenvalue weighted by Gasteiger charge is -2.31. The summed E-state index contributed by atoms with van der Waals surface area (Å²) in [6.07, 6.45) is 2.33. The van der Waals surface area contributed by atoms with Gasteiger partial charge in [-0.25, -0.2) is 0 Å². The molecule has 0 amide bonds. The van der Waals surface area contributed by atoms with Crippen LogP contribution < -0.4 is 0 Å². The molecule has 0 aromatic rings. The maximum absolute atomic E-state index is 11.2. The number of unbranched alkanes of at least 4 members (excludes halogenated alkanes) is 1. The van der Waals surface area contributed by atoms with Crippen molar-refractivity contribution in [1.29, 1.82) is 0 Å². The number of rotatable bonds is 9. The minimum atomic E-state index is -0.893. The Balaban J connectivity index is 4.58. The number of hydrogen-bond acceptors (Lipinski definition) is 3. The van der Waals surface area contributed by atoms with Crippen molar-refractivity contribution in [3.63, 3.8) is 0 Å². The lowest BCUT2D eigenvalue weighted by Crippen LogP contribution is -2.46. The molecular weight excluding hydrogens is 222 g/mol. The minimum absolute atomic E-state index is 0.0198. The standard InChI is InChI=1S/C12H23NO4/c1-4-5-6-10(12(16)17)13(9(2)3)8-7-11(14)15/h9-10H,4-8H2,1-3H3,(H,14,15)(H,16,17). The first-order chi connectivity index (χ1) is 7.90. The first-order valence-electron chi connectivity index (χ1n) is 6.10. The molecule has 0 aliphatic heterocycles. The van der Waals surface area contributed by atoms with E-state index in [-0.39, 0.29) is 19.0 Å². The minimum Gasteiger partial charge on any atom is -0.481 e. The molecule has 0 saturated carbocycles. The largest absolute Gasteiger partial charge is 0.481 e. The molecule has 5 heteroatoms. The Bertz CT molecular complexity index is 253. The second-order valence-electron chi connectivity index (χ2n) is 4.47. The summed E-state index contributed by atoms with van der Waals surface area (Å²) in [5, 5.41) is 17.9. The number of carboxylic acids is 2. The Hall–Kier alpha value is -1.10. The average Bonchev–Trinajstić information content (AvgIpc) is 2.21. The zero-order valence-electron chi connectivity index (χ0n) is 10.8. The molecule has 0 aliphatic carbocycles. The molecule has 2 N–H and O–H groups in total. The summed E-state index contributed by atoms with van der Waals surface area (Å²) in [6, 6.07) is -0.540. The zero-order chi connectivity index (χ0) is 13.4. The van der Waals surface area contributed by atoms with Gasteiger partial charge in [0, 0.05) is 12.6 Å². The number of nitrogens with zero attached hydrogens (tertiary/aromatic N) is 1. The van der Waals surface area contributed by atoms with Crippen LogP contribution in [-0.2, 0) is 9.59 Å². The van der Waals surface area contributed by atoms with E-state index >= 15 is 0 Å². The second-order valence-corrected chi connectivity index (χ2v) is 4.47. The van der Waals surface area contributed by atoms with Gasteiger partial charge in [-0.3, -0.25) is 14.5 Å². The molecule has 0 heterocycles. The molecule has 100 valence electrons. The Kier molecular flexibility index (Phi) is 7.54. The zero-order valence-corrected chi connectivity index (χ0v) is 10.8. The number of carbonyl (C=O) groups is 2.